The molecule has 0 aliphatic heterocycles. The predicted octanol–water partition coefficient (Wildman–Crippen LogP) is 3.30. The molecule has 0 bridgehead atoms. The third-order valence-corrected chi connectivity index (χ3v) is 2.84. The van der Waals surface area contributed by atoms with Gasteiger partial charge in [0.05, 0.1) is 7.11 Å². The van der Waals surface area contributed by atoms with Crippen LogP contribution in [-0.2, 0) is 14.3 Å². The first-order valence-corrected chi connectivity index (χ1v) is 6.30. The van der Waals surface area contributed by atoms with E-state index in [2.05, 4.69) is 24.7 Å². The fraction of sp³-hybridized carbons (Fsp3) is 0.600. The molecule has 0 aliphatic rings. The average molecular weight is 252 g/mol. The zero-order valence-electron chi connectivity index (χ0n) is 12.0. The van der Waals surface area contributed by atoms with E-state index in [0.717, 1.165) is 12.0 Å². The minimum Gasteiger partial charge on any atom is -0.466 e. The lowest BCUT2D eigenvalue weighted by molar-refractivity contribution is -0.134. The third kappa shape index (κ3) is 7.82. The molecule has 3 nitrogen and oxygen atoms in total. The monoisotopic (exact) mass is 252 g/mol. The maximum atomic E-state index is 11.0. The third-order valence-electron chi connectivity index (χ3n) is 2.84. The van der Waals surface area contributed by atoms with Crippen LogP contribution in [0.1, 0.15) is 40.5 Å². The molecule has 0 rings (SSSR count). The molecule has 102 valence electrons. The highest BCUT2D eigenvalue weighted by molar-refractivity contribution is 5.83. The van der Waals surface area contributed by atoms with Crippen molar-refractivity contribution in [1.29, 1.82) is 0 Å². The summed E-state index contributed by atoms with van der Waals surface area (Å²) in [5.74, 6) is 0.708. The smallest absolute Gasteiger partial charge is 0.330 e. The van der Waals surface area contributed by atoms with Crippen molar-refractivity contribution in [3.05, 3.63) is 23.8 Å². The Bertz CT molecular complexity index is 338. The fourth-order valence-electron chi connectivity index (χ4n) is 1.59. The molecule has 0 fully saturated rings. The maximum absolute atomic E-state index is 11.0. The lowest BCUT2D eigenvalue weighted by atomic mass is 9.89. The van der Waals surface area contributed by atoms with Gasteiger partial charge >= 0.3 is 5.97 Å². The van der Waals surface area contributed by atoms with E-state index < -0.39 is 0 Å². The highest BCUT2D eigenvalue weighted by Crippen LogP contribution is 2.19. The molecule has 18 heavy (non-hydrogen) atoms. The number of esters is 1. The van der Waals surface area contributed by atoms with E-state index in [9.17, 15) is 9.59 Å². The van der Waals surface area contributed by atoms with Crippen molar-refractivity contribution < 1.29 is 14.3 Å². The largest absolute Gasteiger partial charge is 0.466 e. The number of rotatable bonds is 7. The Kier molecular flexibility index (Phi) is 8.01. The van der Waals surface area contributed by atoms with E-state index in [0.29, 0.717) is 18.3 Å². The standard InChI is InChI=1S/C15H24O3/c1-11(2)14(9-7-13(4)16)8-6-12(3)10-15(17)18-5/h6,8,10-11,14H,7,9H2,1-5H3/b8-6+,12-10+/t14-/m1/s1. The summed E-state index contributed by atoms with van der Waals surface area (Å²) in [6.07, 6.45) is 6.91. The van der Waals surface area contributed by atoms with Crippen molar-refractivity contribution in [2.75, 3.05) is 7.11 Å². The molecule has 0 aromatic heterocycles. The highest BCUT2D eigenvalue weighted by Gasteiger charge is 2.10. The fourth-order valence-corrected chi connectivity index (χ4v) is 1.59. The van der Waals surface area contributed by atoms with Gasteiger partial charge in [0.1, 0.15) is 5.78 Å². The van der Waals surface area contributed by atoms with Gasteiger partial charge in [-0.3, -0.25) is 0 Å². The summed E-state index contributed by atoms with van der Waals surface area (Å²) >= 11 is 0. The maximum Gasteiger partial charge on any atom is 0.330 e. The van der Waals surface area contributed by atoms with Crippen molar-refractivity contribution in [3.8, 4) is 0 Å². The van der Waals surface area contributed by atoms with Crippen LogP contribution in [0.2, 0.25) is 0 Å². The van der Waals surface area contributed by atoms with Gasteiger partial charge in [-0.05, 0) is 37.7 Å². The van der Waals surface area contributed by atoms with Crippen LogP contribution in [0.4, 0.5) is 0 Å². The second-order valence-corrected chi connectivity index (χ2v) is 4.92. The molecule has 0 aliphatic carbocycles. The zero-order valence-corrected chi connectivity index (χ0v) is 12.0. The minimum atomic E-state index is -0.345. The first-order chi connectivity index (χ1) is 8.36. The Morgan fingerprint density at radius 1 is 1.22 bits per heavy atom. The average Bonchev–Trinajstić information content (AvgIpc) is 2.27. The highest BCUT2D eigenvalue weighted by atomic mass is 16.5. The molecule has 0 aromatic carbocycles. The molecule has 0 N–H and O–H groups in total. The van der Waals surface area contributed by atoms with Crippen LogP contribution in [-0.4, -0.2) is 18.9 Å². The molecule has 0 saturated heterocycles. The number of allylic oxidation sites excluding steroid dienone is 3. The van der Waals surface area contributed by atoms with Crippen molar-refractivity contribution in [2.45, 2.75) is 40.5 Å². The summed E-state index contributed by atoms with van der Waals surface area (Å²) < 4.78 is 4.56. The molecular weight excluding hydrogens is 228 g/mol. The summed E-state index contributed by atoms with van der Waals surface area (Å²) in [6.45, 7) is 7.74. The molecular formula is C15H24O3. The van der Waals surface area contributed by atoms with Gasteiger partial charge in [0, 0.05) is 12.5 Å². The zero-order chi connectivity index (χ0) is 14.1. The van der Waals surface area contributed by atoms with Crippen LogP contribution in [0.15, 0.2) is 23.8 Å². The summed E-state index contributed by atoms with van der Waals surface area (Å²) in [5.41, 5.74) is 0.857. The lowest BCUT2D eigenvalue weighted by Crippen LogP contribution is -2.07. The Morgan fingerprint density at radius 2 is 1.83 bits per heavy atom. The predicted molar refractivity (Wildman–Crippen MR) is 73.2 cm³/mol. The number of ether oxygens (including phenoxy) is 1. The molecule has 3 heteroatoms. The van der Waals surface area contributed by atoms with E-state index in [1.807, 2.05) is 13.0 Å². The topological polar surface area (TPSA) is 43.4 Å². The number of hydrogen-bond acceptors (Lipinski definition) is 3. The van der Waals surface area contributed by atoms with Crippen molar-refractivity contribution in [1.82, 2.24) is 0 Å². The van der Waals surface area contributed by atoms with E-state index >= 15 is 0 Å². The van der Waals surface area contributed by atoms with Gasteiger partial charge in [0.15, 0.2) is 0 Å². The van der Waals surface area contributed by atoms with E-state index in [1.54, 1.807) is 6.92 Å². The van der Waals surface area contributed by atoms with Crippen molar-refractivity contribution >= 4 is 11.8 Å². The van der Waals surface area contributed by atoms with Gasteiger partial charge in [-0.2, -0.15) is 0 Å². The van der Waals surface area contributed by atoms with Crippen LogP contribution in [0.25, 0.3) is 0 Å². The molecule has 0 spiro atoms. The molecule has 0 unspecified atom stereocenters. The van der Waals surface area contributed by atoms with Crippen molar-refractivity contribution in [2.24, 2.45) is 11.8 Å². The SMILES string of the molecule is COC(=O)/C=C(C)/C=C/[C@H](CCC(C)=O)C(C)C. The number of carbonyl (C=O) groups is 2. The molecule has 0 radical (unpaired) electrons. The summed E-state index contributed by atoms with van der Waals surface area (Å²) in [6, 6.07) is 0. The number of methoxy groups -OCH3 is 1. The van der Waals surface area contributed by atoms with E-state index in [4.69, 9.17) is 0 Å². The first kappa shape index (κ1) is 16.6. The molecule has 0 saturated carbocycles. The number of ketones is 1. The lowest BCUT2D eigenvalue weighted by Gasteiger charge is -2.16. The second kappa shape index (κ2) is 8.67. The first-order valence-electron chi connectivity index (χ1n) is 6.30. The van der Waals surface area contributed by atoms with E-state index in [-0.39, 0.29) is 11.8 Å². The van der Waals surface area contributed by atoms with E-state index in [1.165, 1.54) is 13.2 Å². The summed E-state index contributed by atoms with van der Waals surface area (Å²) in [7, 11) is 1.36. The number of hydrogen-bond donors (Lipinski definition) is 0. The Hall–Kier alpha value is -1.38. The molecule has 1 atom stereocenters. The molecule has 0 heterocycles. The normalized spacial score (nSPS) is 14.0. The minimum absolute atomic E-state index is 0.218. The van der Waals surface area contributed by atoms with Crippen LogP contribution in [0, 0.1) is 11.8 Å². The quantitative estimate of drug-likeness (QED) is 0.396. The molecule has 0 amide bonds. The Morgan fingerprint density at radius 3 is 2.28 bits per heavy atom. The second-order valence-electron chi connectivity index (χ2n) is 4.92. The summed E-state index contributed by atoms with van der Waals surface area (Å²) in [5, 5.41) is 0. The van der Waals surface area contributed by atoms with Crippen LogP contribution < -0.4 is 0 Å². The number of Topliss-reactive ketones (excluding diaryl/α,β-unsaturated/α-hetero) is 1. The number of carbonyl (C=O) groups excluding carboxylic acids is 2. The van der Waals surface area contributed by atoms with Crippen LogP contribution in [0.5, 0.6) is 0 Å². The van der Waals surface area contributed by atoms with Crippen LogP contribution >= 0.6 is 0 Å². The van der Waals surface area contributed by atoms with Gasteiger partial charge in [0.2, 0.25) is 0 Å². The Balaban J connectivity index is 4.52. The summed E-state index contributed by atoms with van der Waals surface area (Å²) in [4.78, 5) is 22.0. The Labute approximate surface area is 110 Å². The van der Waals surface area contributed by atoms with Gasteiger partial charge in [0.25, 0.3) is 0 Å². The van der Waals surface area contributed by atoms with Crippen molar-refractivity contribution in [3.63, 3.8) is 0 Å². The van der Waals surface area contributed by atoms with Gasteiger partial charge in [-0.1, -0.05) is 26.0 Å². The van der Waals surface area contributed by atoms with Gasteiger partial charge in [-0.25, -0.2) is 4.79 Å². The van der Waals surface area contributed by atoms with Gasteiger partial charge < -0.3 is 9.53 Å². The van der Waals surface area contributed by atoms with Gasteiger partial charge in [-0.15, -0.1) is 0 Å². The van der Waals surface area contributed by atoms with Crippen LogP contribution in [0.3, 0.4) is 0 Å². The molecule has 0 aromatic rings.